The van der Waals surface area contributed by atoms with E-state index in [1.165, 1.54) is 16.7 Å². The fourth-order valence-corrected chi connectivity index (χ4v) is 3.42. The number of nitrogens with one attached hydrogen (secondary N) is 1. The molecule has 0 fully saturated rings. The van der Waals surface area contributed by atoms with Crippen LogP contribution in [0.1, 0.15) is 50.4 Å². The van der Waals surface area contributed by atoms with Crippen molar-refractivity contribution in [1.29, 1.82) is 0 Å². The molecule has 1 N–H and O–H groups in total. The summed E-state index contributed by atoms with van der Waals surface area (Å²) in [5.74, 6) is 3.11. The molecule has 1 heterocycles. The molecule has 4 heteroatoms. The van der Waals surface area contributed by atoms with Crippen molar-refractivity contribution >= 4 is 0 Å². The van der Waals surface area contributed by atoms with Crippen LogP contribution in [-0.4, -0.2) is 26.4 Å². The molecule has 0 amide bonds. The third kappa shape index (κ3) is 4.75. The van der Waals surface area contributed by atoms with Crippen LogP contribution in [0.25, 0.3) is 0 Å². The van der Waals surface area contributed by atoms with Crippen molar-refractivity contribution in [3.05, 3.63) is 53.1 Å². The highest BCUT2D eigenvalue weighted by Gasteiger charge is 2.24. The zero-order valence-electron chi connectivity index (χ0n) is 16.9. The first-order valence-electron chi connectivity index (χ1n) is 10.0. The molecule has 0 spiro atoms. The van der Waals surface area contributed by atoms with Crippen LogP contribution in [0.5, 0.6) is 17.2 Å². The van der Waals surface area contributed by atoms with Gasteiger partial charge < -0.3 is 19.5 Å². The summed E-state index contributed by atoms with van der Waals surface area (Å²) in [4.78, 5) is 0. The molecule has 3 rings (SSSR count). The van der Waals surface area contributed by atoms with E-state index in [0.29, 0.717) is 19.1 Å². The standard InChI is InChI=1S/C23H31NO3/c1-5-25-21-13-18-11-12-24-23(20(18)14-22(21)26-6-2)17-7-9-19(10-8-17)27-15-16(3)4/h7-10,13-14,16,23-24H,5-6,11-12,15H2,1-4H3. The fraction of sp³-hybridized carbons (Fsp3) is 0.478. The van der Waals surface area contributed by atoms with Gasteiger partial charge in [0.05, 0.1) is 25.9 Å². The fourth-order valence-electron chi connectivity index (χ4n) is 3.42. The summed E-state index contributed by atoms with van der Waals surface area (Å²) in [5, 5.41) is 3.64. The minimum absolute atomic E-state index is 0.155. The van der Waals surface area contributed by atoms with E-state index in [9.17, 15) is 0 Å². The molecule has 1 aliphatic rings. The SMILES string of the molecule is CCOc1cc2c(cc1OCC)C(c1ccc(OCC(C)C)cc1)NCC2. The second-order valence-electron chi connectivity index (χ2n) is 7.27. The molecule has 2 aromatic rings. The van der Waals surface area contributed by atoms with Gasteiger partial charge in [0.25, 0.3) is 0 Å². The van der Waals surface area contributed by atoms with Crippen LogP contribution in [0.2, 0.25) is 0 Å². The predicted molar refractivity (Wildman–Crippen MR) is 109 cm³/mol. The molecule has 1 atom stereocenters. The molecule has 0 aliphatic carbocycles. The summed E-state index contributed by atoms with van der Waals surface area (Å²) in [6.45, 7) is 11.3. The lowest BCUT2D eigenvalue weighted by Gasteiger charge is -2.29. The molecular weight excluding hydrogens is 338 g/mol. The molecule has 146 valence electrons. The average molecular weight is 370 g/mol. The summed E-state index contributed by atoms with van der Waals surface area (Å²) in [7, 11) is 0. The highest BCUT2D eigenvalue weighted by atomic mass is 16.5. The van der Waals surface area contributed by atoms with E-state index in [2.05, 4.69) is 55.6 Å². The van der Waals surface area contributed by atoms with Crippen molar-refractivity contribution in [3.8, 4) is 17.2 Å². The van der Waals surface area contributed by atoms with Crippen LogP contribution >= 0.6 is 0 Å². The molecule has 0 bridgehead atoms. The molecule has 27 heavy (non-hydrogen) atoms. The number of benzene rings is 2. The van der Waals surface area contributed by atoms with E-state index in [1.54, 1.807) is 0 Å². The lowest BCUT2D eigenvalue weighted by molar-refractivity contribution is 0.271. The van der Waals surface area contributed by atoms with Gasteiger partial charge in [-0.2, -0.15) is 0 Å². The van der Waals surface area contributed by atoms with E-state index < -0.39 is 0 Å². The van der Waals surface area contributed by atoms with Crippen molar-refractivity contribution in [3.63, 3.8) is 0 Å². The molecule has 0 aromatic heterocycles. The maximum atomic E-state index is 5.84. The first kappa shape index (κ1) is 19.6. The maximum absolute atomic E-state index is 5.84. The average Bonchev–Trinajstić information content (AvgIpc) is 2.67. The molecular formula is C23H31NO3. The van der Waals surface area contributed by atoms with Crippen molar-refractivity contribution in [2.45, 2.75) is 40.2 Å². The van der Waals surface area contributed by atoms with Gasteiger partial charge in [0.2, 0.25) is 0 Å². The Morgan fingerprint density at radius 3 is 2.26 bits per heavy atom. The molecule has 2 aromatic carbocycles. The van der Waals surface area contributed by atoms with Crippen LogP contribution in [0, 0.1) is 5.92 Å². The quantitative estimate of drug-likeness (QED) is 0.729. The van der Waals surface area contributed by atoms with Gasteiger partial charge in [0.1, 0.15) is 5.75 Å². The normalized spacial score (nSPS) is 16.1. The van der Waals surface area contributed by atoms with Gasteiger partial charge in [0.15, 0.2) is 11.5 Å². The number of fused-ring (bicyclic) bond motifs is 1. The van der Waals surface area contributed by atoms with Crippen molar-refractivity contribution in [2.24, 2.45) is 5.92 Å². The van der Waals surface area contributed by atoms with Gasteiger partial charge >= 0.3 is 0 Å². The van der Waals surface area contributed by atoms with Crippen LogP contribution in [0.3, 0.4) is 0 Å². The summed E-state index contributed by atoms with van der Waals surface area (Å²) in [6.07, 6.45) is 0.994. The van der Waals surface area contributed by atoms with E-state index in [1.807, 2.05) is 13.8 Å². The third-order valence-corrected chi connectivity index (χ3v) is 4.66. The smallest absolute Gasteiger partial charge is 0.161 e. The minimum atomic E-state index is 0.155. The summed E-state index contributed by atoms with van der Waals surface area (Å²) in [5.41, 5.74) is 3.83. The van der Waals surface area contributed by atoms with Gasteiger partial charge in [-0.1, -0.05) is 26.0 Å². The van der Waals surface area contributed by atoms with Gasteiger partial charge in [-0.25, -0.2) is 0 Å². The third-order valence-electron chi connectivity index (χ3n) is 4.66. The second kappa shape index (κ2) is 9.14. The van der Waals surface area contributed by atoms with E-state index in [4.69, 9.17) is 14.2 Å². The first-order valence-corrected chi connectivity index (χ1v) is 10.0. The number of rotatable bonds is 8. The molecule has 1 aliphatic heterocycles. The monoisotopic (exact) mass is 369 g/mol. The predicted octanol–water partition coefficient (Wildman–Crippen LogP) is 4.75. The van der Waals surface area contributed by atoms with Gasteiger partial charge in [-0.15, -0.1) is 0 Å². The van der Waals surface area contributed by atoms with Crippen molar-refractivity contribution in [1.82, 2.24) is 5.32 Å². The lowest BCUT2D eigenvalue weighted by Crippen LogP contribution is -2.30. The number of hydrogen-bond acceptors (Lipinski definition) is 4. The van der Waals surface area contributed by atoms with Crippen molar-refractivity contribution in [2.75, 3.05) is 26.4 Å². The highest BCUT2D eigenvalue weighted by molar-refractivity contribution is 5.52. The molecule has 0 saturated carbocycles. The Labute approximate surface area is 162 Å². The van der Waals surface area contributed by atoms with Crippen LogP contribution in [0.15, 0.2) is 36.4 Å². The highest BCUT2D eigenvalue weighted by Crippen LogP contribution is 2.38. The Balaban J connectivity index is 1.87. The van der Waals surface area contributed by atoms with Gasteiger partial charge in [0, 0.05) is 6.54 Å². The molecule has 0 radical (unpaired) electrons. The lowest BCUT2D eigenvalue weighted by atomic mass is 9.89. The first-order chi connectivity index (χ1) is 13.1. The van der Waals surface area contributed by atoms with Gasteiger partial charge in [-0.05, 0) is 67.1 Å². The second-order valence-corrected chi connectivity index (χ2v) is 7.27. The number of ether oxygens (including phenoxy) is 3. The van der Waals surface area contributed by atoms with Crippen LogP contribution in [0.4, 0.5) is 0 Å². The summed E-state index contributed by atoms with van der Waals surface area (Å²) < 4.78 is 17.5. The zero-order valence-corrected chi connectivity index (χ0v) is 16.9. The van der Waals surface area contributed by atoms with E-state index >= 15 is 0 Å². The maximum Gasteiger partial charge on any atom is 0.161 e. The Morgan fingerprint density at radius 1 is 0.963 bits per heavy atom. The van der Waals surface area contributed by atoms with Gasteiger partial charge in [-0.3, -0.25) is 0 Å². The van der Waals surface area contributed by atoms with Crippen LogP contribution < -0.4 is 19.5 Å². The Bertz CT molecular complexity index is 740. The molecule has 0 saturated heterocycles. The Hall–Kier alpha value is -2.20. The summed E-state index contributed by atoms with van der Waals surface area (Å²) >= 11 is 0. The van der Waals surface area contributed by atoms with E-state index in [0.717, 1.165) is 36.8 Å². The molecule has 1 unspecified atom stereocenters. The minimum Gasteiger partial charge on any atom is -0.493 e. The Kier molecular flexibility index (Phi) is 6.62. The Morgan fingerprint density at radius 2 is 1.63 bits per heavy atom. The molecule has 4 nitrogen and oxygen atoms in total. The largest absolute Gasteiger partial charge is 0.493 e. The van der Waals surface area contributed by atoms with Crippen LogP contribution in [-0.2, 0) is 6.42 Å². The zero-order chi connectivity index (χ0) is 19.2. The topological polar surface area (TPSA) is 39.7 Å². The number of hydrogen-bond donors (Lipinski definition) is 1. The van der Waals surface area contributed by atoms with E-state index in [-0.39, 0.29) is 6.04 Å². The van der Waals surface area contributed by atoms with Crippen molar-refractivity contribution < 1.29 is 14.2 Å². The summed E-state index contributed by atoms with van der Waals surface area (Å²) in [6, 6.07) is 12.9.